The minimum Gasteiger partial charge on any atom is -0.493 e. The fourth-order valence-corrected chi connectivity index (χ4v) is 2.27. The Morgan fingerprint density at radius 2 is 2.15 bits per heavy atom. The second-order valence-electron chi connectivity index (χ2n) is 5.53. The lowest BCUT2D eigenvalue weighted by Gasteiger charge is -2.24. The third kappa shape index (κ3) is 3.14. The monoisotopic (exact) mass is 278 g/mol. The maximum Gasteiger partial charge on any atom is 0.165 e. The van der Waals surface area contributed by atoms with E-state index in [0.29, 0.717) is 18.8 Å². The number of benzene rings is 1. The summed E-state index contributed by atoms with van der Waals surface area (Å²) in [5.41, 5.74) is 1.22. The van der Waals surface area contributed by atoms with Gasteiger partial charge in [-0.2, -0.15) is 0 Å². The predicted octanol–water partition coefficient (Wildman–Crippen LogP) is 2.43. The van der Waals surface area contributed by atoms with Gasteiger partial charge >= 0.3 is 0 Å². The lowest BCUT2D eigenvalue weighted by molar-refractivity contribution is -0.0235. The van der Waals surface area contributed by atoms with E-state index in [4.69, 9.17) is 14.2 Å². The fraction of sp³-hybridized carbons (Fsp3) is 0.500. The van der Waals surface area contributed by atoms with Gasteiger partial charge in [0.25, 0.3) is 0 Å². The van der Waals surface area contributed by atoms with Crippen molar-refractivity contribution >= 4 is 6.08 Å². The van der Waals surface area contributed by atoms with Crippen LogP contribution in [0.3, 0.4) is 0 Å². The number of hydrogen-bond acceptors (Lipinski definition) is 4. The zero-order valence-corrected chi connectivity index (χ0v) is 12.5. The number of rotatable bonds is 5. The average molecular weight is 278 g/mol. The lowest BCUT2D eigenvalue weighted by atomic mass is 9.96. The van der Waals surface area contributed by atoms with Gasteiger partial charge in [0.1, 0.15) is 6.10 Å². The van der Waals surface area contributed by atoms with E-state index >= 15 is 0 Å². The van der Waals surface area contributed by atoms with Gasteiger partial charge in [-0.25, -0.2) is 0 Å². The first-order chi connectivity index (χ1) is 9.45. The van der Waals surface area contributed by atoms with Gasteiger partial charge in [-0.05, 0) is 31.5 Å². The van der Waals surface area contributed by atoms with E-state index in [9.17, 15) is 5.11 Å². The second-order valence-corrected chi connectivity index (χ2v) is 5.53. The molecule has 0 saturated carbocycles. The number of aliphatic hydroxyl groups is 1. The lowest BCUT2D eigenvalue weighted by Crippen LogP contribution is -2.39. The smallest absolute Gasteiger partial charge is 0.165 e. The van der Waals surface area contributed by atoms with Crippen LogP contribution in [0.15, 0.2) is 18.2 Å². The Labute approximate surface area is 120 Å². The SMILES string of the molecule is COCC=Cc1cc2c(c(OC)c1)OC(C(C)(C)O)C2. The molecule has 0 amide bonds. The van der Waals surface area contributed by atoms with Crippen LogP contribution in [0, 0.1) is 0 Å². The molecule has 4 heteroatoms. The van der Waals surface area contributed by atoms with E-state index in [2.05, 4.69) is 6.07 Å². The van der Waals surface area contributed by atoms with E-state index in [-0.39, 0.29) is 6.10 Å². The van der Waals surface area contributed by atoms with Crippen molar-refractivity contribution in [2.75, 3.05) is 20.8 Å². The first-order valence-electron chi connectivity index (χ1n) is 6.71. The third-order valence-electron chi connectivity index (χ3n) is 3.40. The fourth-order valence-electron chi connectivity index (χ4n) is 2.27. The zero-order chi connectivity index (χ0) is 14.8. The highest BCUT2D eigenvalue weighted by atomic mass is 16.5. The van der Waals surface area contributed by atoms with Crippen molar-refractivity contribution in [2.45, 2.75) is 32.0 Å². The van der Waals surface area contributed by atoms with E-state index in [0.717, 1.165) is 16.9 Å². The minimum absolute atomic E-state index is 0.246. The Balaban J connectivity index is 2.29. The standard InChI is InChI=1S/C16H22O4/c1-16(2,17)14-10-12-8-11(6-5-7-18-3)9-13(19-4)15(12)20-14/h5-6,8-9,14,17H,7,10H2,1-4H3. The number of ether oxygens (including phenoxy) is 3. The zero-order valence-electron chi connectivity index (χ0n) is 12.5. The van der Waals surface area contributed by atoms with Crippen molar-refractivity contribution < 1.29 is 19.3 Å². The summed E-state index contributed by atoms with van der Waals surface area (Å²) in [4.78, 5) is 0. The highest BCUT2D eigenvalue weighted by Crippen LogP contribution is 2.41. The highest BCUT2D eigenvalue weighted by molar-refractivity contribution is 5.60. The quantitative estimate of drug-likeness (QED) is 0.898. The normalized spacial score (nSPS) is 18.1. The molecule has 0 fully saturated rings. The van der Waals surface area contributed by atoms with Gasteiger partial charge in [0, 0.05) is 19.1 Å². The Hall–Kier alpha value is -1.52. The molecule has 4 nitrogen and oxygen atoms in total. The molecule has 0 aliphatic carbocycles. The predicted molar refractivity (Wildman–Crippen MR) is 78.3 cm³/mol. The Kier molecular flexibility index (Phi) is 4.35. The van der Waals surface area contributed by atoms with Crippen LogP contribution in [0.5, 0.6) is 11.5 Å². The molecule has 1 aliphatic rings. The summed E-state index contributed by atoms with van der Waals surface area (Å²) in [5.74, 6) is 1.44. The van der Waals surface area contributed by atoms with E-state index in [1.807, 2.05) is 18.2 Å². The summed E-state index contributed by atoms with van der Waals surface area (Å²) in [6.07, 6.45) is 4.37. The third-order valence-corrected chi connectivity index (χ3v) is 3.40. The van der Waals surface area contributed by atoms with Crippen LogP contribution in [0.1, 0.15) is 25.0 Å². The summed E-state index contributed by atoms with van der Waals surface area (Å²) < 4.78 is 16.2. The van der Waals surface area contributed by atoms with Crippen LogP contribution in [-0.2, 0) is 11.2 Å². The molecule has 1 N–H and O–H groups in total. The van der Waals surface area contributed by atoms with Crippen molar-refractivity contribution in [2.24, 2.45) is 0 Å². The summed E-state index contributed by atoms with van der Waals surface area (Å²) >= 11 is 0. The Bertz CT molecular complexity index is 500. The van der Waals surface area contributed by atoms with Crippen LogP contribution in [0.4, 0.5) is 0 Å². The molecular formula is C16H22O4. The first kappa shape index (κ1) is 14.9. The summed E-state index contributed by atoms with van der Waals surface area (Å²) in [6, 6.07) is 3.99. The molecule has 1 heterocycles. The number of hydrogen-bond donors (Lipinski definition) is 1. The molecule has 20 heavy (non-hydrogen) atoms. The maximum atomic E-state index is 10.1. The van der Waals surface area contributed by atoms with Crippen molar-refractivity contribution in [3.63, 3.8) is 0 Å². The number of fused-ring (bicyclic) bond motifs is 1. The van der Waals surface area contributed by atoms with Gasteiger partial charge in [-0.1, -0.05) is 12.2 Å². The molecular weight excluding hydrogens is 256 g/mol. The topological polar surface area (TPSA) is 47.9 Å². The summed E-state index contributed by atoms with van der Waals surface area (Å²) in [7, 11) is 3.29. The molecule has 0 saturated heterocycles. The van der Waals surface area contributed by atoms with Crippen LogP contribution in [0.2, 0.25) is 0 Å². The molecule has 0 spiro atoms. The van der Waals surface area contributed by atoms with Crippen LogP contribution < -0.4 is 9.47 Å². The van der Waals surface area contributed by atoms with Gasteiger partial charge < -0.3 is 19.3 Å². The van der Waals surface area contributed by atoms with Gasteiger partial charge in [0.15, 0.2) is 11.5 Å². The first-order valence-corrected chi connectivity index (χ1v) is 6.71. The van der Waals surface area contributed by atoms with Crippen molar-refractivity contribution in [1.82, 2.24) is 0 Å². The van der Waals surface area contributed by atoms with Crippen molar-refractivity contribution in [1.29, 1.82) is 0 Å². The van der Waals surface area contributed by atoms with Gasteiger partial charge in [0.05, 0.1) is 19.3 Å². The van der Waals surface area contributed by atoms with Crippen molar-refractivity contribution in [3.8, 4) is 11.5 Å². The summed E-state index contributed by atoms with van der Waals surface area (Å²) in [6.45, 7) is 4.09. The molecule has 110 valence electrons. The minimum atomic E-state index is -0.879. The molecule has 1 atom stereocenters. The van der Waals surface area contributed by atoms with Gasteiger partial charge in [-0.3, -0.25) is 0 Å². The van der Waals surface area contributed by atoms with Gasteiger partial charge in [0.2, 0.25) is 0 Å². The Morgan fingerprint density at radius 1 is 1.40 bits per heavy atom. The molecule has 1 unspecified atom stereocenters. The van der Waals surface area contributed by atoms with Crippen LogP contribution >= 0.6 is 0 Å². The molecule has 1 aliphatic heterocycles. The molecule has 1 aromatic rings. The van der Waals surface area contributed by atoms with Gasteiger partial charge in [-0.15, -0.1) is 0 Å². The van der Waals surface area contributed by atoms with Crippen LogP contribution in [-0.4, -0.2) is 37.6 Å². The molecule has 0 radical (unpaired) electrons. The second kappa shape index (κ2) is 5.85. The molecule has 1 aromatic carbocycles. The Morgan fingerprint density at radius 3 is 2.75 bits per heavy atom. The highest BCUT2D eigenvalue weighted by Gasteiger charge is 2.36. The maximum absolute atomic E-state index is 10.1. The summed E-state index contributed by atoms with van der Waals surface area (Å²) in [5, 5.41) is 10.1. The number of methoxy groups -OCH3 is 2. The average Bonchev–Trinajstić information content (AvgIpc) is 2.82. The van der Waals surface area contributed by atoms with E-state index < -0.39 is 5.60 Å². The largest absolute Gasteiger partial charge is 0.493 e. The van der Waals surface area contributed by atoms with Crippen LogP contribution in [0.25, 0.3) is 6.08 Å². The van der Waals surface area contributed by atoms with E-state index in [1.165, 1.54) is 0 Å². The molecule has 0 aromatic heterocycles. The molecule has 0 bridgehead atoms. The van der Waals surface area contributed by atoms with Crippen molar-refractivity contribution in [3.05, 3.63) is 29.3 Å². The van der Waals surface area contributed by atoms with E-state index in [1.54, 1.807) is 28.1 Å². The molecule has 2 rings (SSSR count).